The Hall–Kier alpha value is -1.56. The second-order valence-corrected chi connectivity index (χ2v) is 5.50. The zero-order valence-electron chi connectivity index (χ0n) is 9.14. The molecule has 6 heteroatoms. The number of fused-ring (bicyclic) bond motifs is 4. The van der Waals surface area contributed by atoms with Crippen molar-refractivity contribution in [2.75, 3.05) is 0 Å². The molecule has 3 heterocycles. The Morgan fingerprint density at radius 1 is 1.24 bits per heavy atom. The molecule has 2 aromatic heterocycles. The van der Waals surface area contributed by atoms with Crippen LogP contribution in [0.3, 0.4) is 0 Å². The summed E-state index contributed by atoms with van der Waals surface area (Å²) < 4.78 is 1.56. The zero-order valence-corrected chi connectivity index (χ0v) is 9.96. The largest absolute Gasteiger partial charge is 0.268 e. The second-order valence-electron chi connectivity index (χ2n) is 4.42. The molecular formula is C11H10N4OS. The van der Waals surface area contributed by atoms with Gasteiger partial charge in [0.2, 0.25) is 0 Å². The number of aryl methyl sites for hydroxylation is 2. The molecule has 0 atom stereocenters. The maximum absolute atomic E-state index is 12.4. The quantitative estimate of drug-likeness (QED) is 0.716. The van der Waals surface area contributed by atoms with Gasteiger partial charge in [0.25, 0.3) is 11.5 Å². The maximum atomic E-state index is 12.4. The summed E-state index contributed by atoms with van der Waals surface area (Å²) in [4.78, 5) is 19.0. The highest BCUT2D eigenvalue weighted by Gasteiger charge is 2.22. The predicted molar refractivity (Wildman–Crippen MR) is 65.0 cm³/mol. The van der Waals surface area contributed by atoms with E-state index in [-0.39, 0.29) is 5.56 Å². The van der Waals surface area contributed by atoms with Crippen molar-refractivity contribution >= 4 is 27.5 Å². The lowest BCUT2D eigenvalue weighted by atomic mass is 9.97. The van der Waals surface area contributed by atoms with Crippen LogP contribution in [0, 0.1) is 0 Å². The van der Waals surface area contributed by atoms with Gasteiger partial charge < -0.3 is 0 Å². The number of thiophene rings is 1. The molecule has 2 aliphatic rings. The summed E-state index contributed by atoms with van der Waals surface area (Å²) in [6.45, 7) is 0.321. The third-order valence-corrected chi connectivity index (χ3v) is 4.61. The summed E-state index contributed by atoms with van der Waals surface area (Å²) >= 11 is 1.65. The highest BCUT2D eigenvalue weighted by atomic mass is 32.1. The van der Waals surface area contributed by atoms with Crippen LogP contribution in [-0.2, 0) is 19.5 Å². The van der Waals surface area contributed by atoms with Gasteiger partial charge in [-0.15, -0.1) is 16.5 Å². The Balaban J connectivity index is 2.14. The van der Waals surface area contributed by atoms with E-state index in [9.17, 15) is 4.79 Å². The van der Waals surface area contributed by atoms with Crippen LogP contribution in [0.15, 0.2) is 15.0 Å². The molecule has 86 valence electrons. The number of aromatic nitrogens is 2. The van der Waals surface area contributed by atoms with E-state index in [4.69, 9.17) is 0 Å². The summed E-state index contributed by atoms with van der Waals surface area (Å²) in [6, 6.07) is 0. The lowest BCUT2D eigenvalue weighted by molar-refractivity contribution is 0.697. The SMILES string of the molecule is O=c1c2c3c(sc2nc2n1CN=N2)CCCC3. The van der Waals surface area contributed by atoms with Crippen LogP contribution in [0.25, 0.3) is 10.2 Å². The van der Waals surface area contributed by atoms with Crippen molar-refractivity contribution in [3.05, 3.63) is 20.8 Å². The molecule has 5 nitrogen and oxygen atoms in total. The molecule has 1 aliphatic heterocycles. The lowest BCUT2D eigenvalue weighted by Crippen LogP contribution is -2.19. The normalized spacial score (nSPS) is 17.4. The first kappa shape index (κ1) is 9.47. The van der Waals surface area contributed by atoms with Crippen molar-refractivity contribution in [3.63, 3.8) is 0 Å². The minimum absolute atomic E-state index is 0.0365. The van der Waals surface area contributed by atoms with Gasteiger partial charge in [-0.25, -0.2) is 0 Å². The Bertz CT molecular complexity index is 712. The van der Waals surface area contributed by atoms with Gasteiger partial charge in [0.1, 0.15) is 11.5 Å². The van der Waals surface area contributed by atoms with Gasteiger partial charge in [0, 0.05) is 4.88 Å². The Morgan fingerprint density at radius 3 is 3.06 bits per heavy atom. The Kier molecular flexibility index (Phi) is 1.80. The molecule has 2 aromatic rings. The standard InChI is InChI=1S/C11H10N4OS/c16-10-8-6-3-1-2-4-7(6)17-9(8)13-11-14-12-5-15(10)11/h1-5H2. The van der Waals surface area contributed by atoms with E-state index < -0.39 is 0 Å². The van der Waals surface area contributed by atoms with Crippen LogP contribution >= 0.6 is 11.3 Å². The Morgan fingerprint density at radius 2 is 2.12 bits per heavy atom. The first-order chi connectivity index (χ1) is 8.34. The third-order valence-electron chi connectivity index (χ3n) is 3.42. The van der Waals surface area contributed by atoms with Gasteiger partial charge in [-0.3, -0.25) is 9.36 Å². The molecule has 4 rings (SSSR count). The molecule has 0 unspecified atom stereocenters. The van der Waals surface area contributed by atoms with Crippen LogP contribution in [0.2, 0.25) is 0 Å². The average Bonchev–Trinajstić information content (AvgIpc) is 2.92. The molecule has 0 spiro atoms. The van der Waals surface area contributed by atoms with Crippen LogP contribution < -0.4 is 5.56 Å². The smallest absolute Gasteiger partial charge is 0.265 e. The van der Waals surface area contributed by atoms with Crippen molar-refractivity contribution in [1.29, 1.82) is 0 Å². The van der Waals surface area contributed by atoms with E-state index in [1.807, 2.05) is 0 Å². The molecule has 0 saturated carbocycles. The summed E-state index contributed by atoms with van der Waals surface area (Å²) in [5.41, 5.74) is 1.27. The molecule has 1 aliphatic carbocycles. The molecule has 0 N–H and O–H groups in total. The van der Waals surface area contributed by atoms with E-state index in [0.717, 1.165) is 23.1 Å². The minimum Gasteiger partial charge on any atom is -0.268 e. The first-order valence-electron chi connectivity index (χ1n) is 5.77. The maximum Gasteiger partial charge on any atom is 0.265 e. The molecular weight excluding hydrogens is 236 g/mol. The molecule has 17 heavy (non-hydrogen) atoms. The van der Waals surface area contributed by atoms with Gasteiger partial charge in [0.05, 0.1) is 5.39 Å². The zero-order chi connectivity index (χ0) is 11.4. The van der Waals surface area contributed by atoms with Crippen LogP contribution in [-0.4, -0.2) is 9.55 Å². The number of rotatable bonds is 0. The van der Waals surface area contributed by atoms with Crippen LogP contribution in [0.4, 0.5) is 5.95 Å². The van der Waals surface area contributed by atoms with Gasteiger partial charge >= 0.3 is 0 Å². The van der Waals surface area contributed by atoms with Gasteiger partial charge in [0.15, 0.2) is 0 Å². The van der Waals surface area contributed by atoms with E-state index >= 15 is 0 Å². The lowest BCUT2D eigenvalue weighted by Gasteiger charge is -2.09. The van der Waals surface area contributed by atoms with Gasteiger partial charge in [-0.1, -0.05) is 0 Å². The van der Waals surface area contributed by atoms with Crippen LogP contribution in [0.1, 0.15) is 23.3 Å². The van der Waals surface area contributed by atoms with Crippen molar-refractivity contribution in [2.45, 2.75) is 32.4 Å². The summed E-state index contributed by atoms with van der Waals surface area (Å²) in [5.74, 6) is 0.459. The van der Waals surface area contributed by atoms with E-state index in [1.165, 1.54) is 23.3 Å². The van der Waals surface area contributed by atoms with Gasteiger partial charge in [-0.2, -0.15) is 10.1 Å². The molecule has 0 bridgehead atoms. The van der Waals surface area contributed by atoms with Crippen molar-refractivity contribution in [3.8, 4) is 0 Å². The Labute approximate surface area is 101 Å². The van der Waals surface area contributed by atoms with Gasteiger partial charge in [-0.05, 0) is 31.2 Å². The number of hydrogen-bond acceptors (Lipinski definition) is 5. The first-order valence-corrected chi connectivity index (χ1v) is 6.59. The molecule has 0 fully saturated rings. The fourth-order valence-corrected chi connectivity index (χ4v) is 3.84. The monoisotopic (exact) mass is 246 g/mol. The average molecular weight is 246 g/mol. The third kappa shape index (κ3) is 1.18. The highest BCUT2D eigenvalue weighted by Crippen LogP contribution is 2.34. The highest BCUT2D eigenvalue weighted by molar-refractivity contribution is 7.18. The molecule has 0 radical (unpaired) electrons. The predicted octanol–water partition coefficient (Wildman–Crippen LogP) is 2.39. The fourth-order valence-electron chi connectivity index (χ4n) is 2.59. The summed E-state index contributed by atoms with van der Waals surface area (Å²) in [6.07, 6.45) is 4.50. The molecule has 0 saturated heterocycles. The van der Waals surface area contributed by atoms with E-state index in [2.05, 4.69) is 15.2 Å². The van der Waals surface area contributed by atoms with E-state index in [0.29, 0.717) is 12.6 Å². The summed E-state index contributed by atoms with van der Waals surface area (Å²) in [7, 11) is 0. The fraction of sp³-hybridized carbons (Fsp3) is 0.455. The second kappa shape index (κ2) is 3.22. The van der Waals surface area contributed by atoms with E-state index in [1.54, 1.807) is 15.9 Å². The topological polar surface area (TPSA) is 59.6 Å². The van der Waals surface area contributed by atoms with Crippen LogP contribution in [0.5, 0.6) is 0 Å². The van der Waals surface area contributed by atoms with Crippen molar-refractivity contribution in [1.82, 2.24) is 9.55 Å². The van der Waals surface area contributed by atoms with Crippen molar-refractivity contribution in [2.24, 2.45) is 10.2 Å². The number of hydrogen-bond donors (Lipinski definition) is 0. The number of nitrogens with zero attached hydrogens (tertiary/aromatic N) is 4. The molecule has 0 amide bonds. The summed E-state index contributed by atoms with van der Waals surface area (Å²) in [5, 5.41) is 8.58. The van der Waals surface area contributed by atoms with Crippen molar-refractivity contribution < 1.29 is 0 Å². The molecule has 0 aromatic carbocycles. The number of azo groups is 1. The minimum atomic E-state index is 0.0365.